The molecule has 0 spiro atoms. The average Bonchev–Trinajstić information content (AvgIpc) is 2.07. The van der Waals surface area contributed by atoms with Crippen molar-refractivity contribution < 1.29 is 14.3 Å². The van der Waals surface area contributed by atoms with Crippen LogP contribution in [0.1, 0.15) is 27.7 Å². The van der Waals surface area contributed by atoms with E-state index in [2.05, 4.69) is 25.7 Å². The zero-order valence-corrected chi connectivity index (χ0v) is 9.32. The largest absolute Gasteiger partial charge is 0.446 e. The molecule has 1 saturated heterocycles. The number of hydrogen-bond acceptors (Lipinski definition) is 4. The lowest BCUT2D eigenvalue weighted by Gasteiger charge is -2.45. The number of rotatable bonds is 2. The second-order valence-corrected chi connectivity index (χ2v) is 4.56. The summed E-state index contributed by atoms with van der Waals surface area (Å²) in [6.07, 6.45) is -0.325. The van der Waals surface area contributed by atoms with Crippen LogP contribution < -0.4 is 0 Å². The molecule has 0 N–H and O–H groups in total. The molecule has 0 saturated carbocycles. The molecular weight excluding hydrogens is 182 g/mol. The highest BCUT2D eigenvalue weighted by Gasteiger charge is 2.37. The molecule has 2 atom stereocenters. The van der Waals surface area contributed by atoms with Gasteiger partial charge in [0.15, 0.2) is 6.23 Å². The molecule has 0 aromatic heterocycles. The summed E-state index contributed by atoms with van der Waals surface area (Å²) in [6, 6.07) is 0. The minimum atomic E-state index is -0.263. The maximum absolute atomic E-state index is 10.4. The molecule has 1 aliphatic rings. The summed E-state index contributed by atoms with van der Waals surface area (Å²) in [5.41, 5.74) is -0.00822. The van der Waals surface area contributed by atoms with Gasteiger partial charge < -0.3 is 9.47 Å². The van der Waals surface area contributed by atoms with E-state index in [1.54, 1.807) is 0 Å². The Labute approximate surface area is 85.2 Å². The maximum atomic E-state index is 10.4. The van der Waals surface area contributed by atoms with Crippen LogP contribution in [0.3, 0.4) is 0 Å². The fraction of sp³-hybridized carbons (Fsp3) is 0.900. The minimum Gasteiger partial charge on any atom is -0.446 e. The van der Waals surface area contributed by atoms with E-state index in [4.69, 9.17) is 9.47 Å². The average molecular weight is 201 g/mol. The highest BCUT2D eigenvalue weighted by Crippen LogP contribution is 2.23. The topological polar surface area (TPSA) is 38.8 Å². The normalized spacial score (nSPS) is 30.0. The molecule has 82 valence electrons. The van der Waals surface area contributed by atoms with E-state index in [1.165, 1.54) is 0 Å². The van der Waals surface area contributed by atoms with Crippen molar-refractivity contribution in [2.24, 2.45) is 0 Å². The first-order chi connectivity index (χ1) is 6.46. The molecule has 0 radical (unpaired) electrons. The smallest absolute Gasteiger partial charge is 0.294 e. The quantitative estimate of drug-likeness (QED) is 0.625. The zero-order chi connectivity index (χ0) is 10.8. The van der Waals surface area contributed by atoms with Gasteiger partial charge in [-0.05, 0) is 27.7 Å². The molecule has 0 aromatic rings. The second-order valence-electron chi connectivity index (χ2n) is 4.56. The van der Waals surface area contributed by atoms with Gasteiger partial charge in [-0.15, -0.1) is 0 Å². The van der Waals surface area contributed by atoms with Crippen LogP contribution in [0.15, 0.2) is 0 Å². The van der Waals surface area contributed by atoms with Crippen molar-refractivity contribution in [3.8, 4) is 0 Å². The van der Waals surface area contributed by atoms with Crippen molar-refractivity contribution in [3.63, 3.8) is 0 Å². The molecule has 0 unspecified atom stereocenters. The monoisotopic (exact) mass is 201 g/mol. The third-order valence-corrected chi connectivity index (χ3v) is 2.48. The fourth-order valence-corrected chi connectivity index (χ4v) is 1.76. The summed E-state index contributed by atoms with van der Waals surface area (Å²) in [6.45, 7) is 10.2. The lowest BCUT2D eigenvalue weighted by atomic mass is 10.0. The number of nitrogens with zero attached hydrogens (tertiary/aromatic N) is 1. The zero-order valence-electron chi connectivity index (χ0n) is 9.32. The lowest BCUT2D eigenvalue weighted by Crippen LogP contribution is -2.58. The van der Waals surface area contributed by atoms with Gasteiger partial charge in [-0.2, -0.15) is 0 Å². The van der Waals surface area contributed by atoms with Crippen LogP contribution >= 0.6 is 0 Å². The van der Waals surface area contributed by atoms with Gasteiger partial charge in [0.25, 0.3) is 6.47 Å². The number of carbonyl (C=O) groups excluding carboxylic acids is 1. The van der Waals surface area contributed by atoms with Gasteiger partial charge in [-0.1, -0.05) is 0 Å². The van der Waals surface area contributed by atoms with Crippen molar-refractivity contribution in [2.45, 2.75) is 45.6 Å². The van der Waals surface area contributed by atoms with Gasteiger partial charge in [-0.3, -0.25) is 9.69 Å². The molecule has 4 heteroatoms. The van der Waals surface area contributed by atoms with Crippen LogP contribution in [-0.2, 0) is 14.3 Å². The van der Waals surface area contributed by atoms with E-state index in [1.807, 2.05) is 6.92 Å². The van der Waals surface area contributed by atoms with Gasteiger partial charge in [0.2, 0.25) is 0 Å². The predicted octanol–water partition coefficient (Wildman–Crippen LogP) is 1.00. The Kier molecular flexibility index (Phi) is 3.50. The van der Waals surface area contributed by atoms with Gasteiger partial charge >= 0.3 is 0 Å². The minimum absolute atomic E-state index is 0.00822. The summed E-state index contributed by atoms with van der Waals surface area (Å²) in [7, 11) is 0. The van der Waals surface area contributed by atoms with Gasteiger partial charge in [0, 0.05) is 12.1 Å². The Morgan fingerprint density at radius 3 is 2.64 bits per heavy atom. The van der Waals surface area contributed by atoms with Gasteiger partial charge in [0.1, 0.15) is 6.10 Å². The molecular formula is C10H19NO3. The molecule has 0 amide bonds. The maximum Gasteiger partial charge on any atom is 0.294 e. The Morgan fingerprint density at radius 1 is 1.50 bits per heavy atom. The number of ether oxygens (including phenoxy) is 2. The standard InChI is InChI=1S/C10H19NO3/c1-8-9(14-7-12)11(5-6-13-8)10(2,3)4/h7-9H,5-6H2,1-4H3/t8-,9-/m1/s1. The summed E-state index contributed by atoms with van der Waals surface area (Å²) >= 11 is 0. The molecule has 14 heavy (non-hydrogen) atoms. The van der Waals surface area contributed by atoms with Crippen molar-refractivity contribution >= 4 is 6.47 Å². The van der Waals surface area contributed by atoms with Crippen LogP contribution in [0.5, 0.6) is 0 Å². The molecule has 1 heterocycles. The van der Waals surface area contributed by atoms with Gasteiger partial charge in [-0.25, -0.2) is 0 Å². The predicted molar refractivity (Wildman–Crippen MR) is 52.8 cm³/mol. The number of hydrogen-bond donors (Lipinski definition) is 0. The van der Waals surface area contributed by atoms with Crippen LogP contribution in [-0.4, -0.2) is 42.4 Å². The fourth-order valence-electron chi connectivity index (χ4n) is 1.76. The summed E-state index contributed by atoms with van der Waals surface area (Å²) in [5.74, 6) is 0. The summed E-state index contributed by atoms with van der Waals surface area (Å²) in [4.78, 5) is 12.5. The Hall–Kier alpha value is -0.610. The van der Waals surface area contributed by atoms with E-state index in [0.717, 1.165) is 6.54 Å². The first-order valence-corrected chi connectivity index (χ1v) is 4.94. The van der Waals surface area contributed by atoms with Crippen LogP contribution in [0.4, 0.5) is 0 Å². The molecule has 1 rings (SSSR count). The highest BCUT2D eigenvalue weighted by atomic mass is 16.6. The Balaban J connectivity index is 2.74. The number of morpholine rings is 1. The second kappa shape index (κ2) is 4.28. The van der Waals surface area contributed by atoms with Crippen molar-refractivity contribution in [3.05, 3.63) is 0 Å². The van der Waals surface area contributed by atoms with Crippen LogP contribution in [0.25, 0.3) is 0 Å². The van der Waals surface area contributed by atoms with E-state index in [9.17, 15) is 4.79 Å². The summed E-state index contributed by atoms with van der Waals surface area (Å²) in [5, 5.41) is 0. The Bertz CT molecular complexity index is 200. The first-order valence-electron chi connectivity index (χ1n) is 4.94. The third-order valence-electron chi connectivity index (χ3n) is 2.48. The van der Waals surface area contributed by atoms with Crippen molar-refractivity contribution in [1.29, 1.82) is 0 Å². The van der Waals surface area contributed by atoms with Crippen molar-refractivity contribution in [2.75, 3.05) is 13.2 Å². The molecule has 0 aromatic carbocycles. The van der Waals surface area contributed by atoms with E-state index in [-0.39, 0.29) is 17.9 Å². The van der Waals surface area contributed by atoms with Gasteiger partial charge in [0.05, 0.1) is 6.61 Å². The Morgan fingerprint density at radius 2 is 2.14 bits per heavy atom. The van der Waals surface area contributed by atoms with E-state index < -0.39 is 0 Å². The van der Waals surface area contributed by atoms with Crippen molar-refractivity contribution in [1.82, 2.24) is 4.90 Å². The van der Waals surface area contributed by atoms with Crippen LogP contribution in [0, 0.1) is 0 Å². The lowest BCUT2D eigenvalue weighted by molar-refractivity contribution is -0.196. The third kappa shape index (κ3) is 2.45. The highest BCUT2D eigenvalue weighted by molar-refractivity contribution is 5.37. The van der Waals surface area contributed by atoms with E-state index in [0.29, 0.717) is 13.1 Å². The SMILES string of the molecule is C[C@H]1OCCN(C(C)(C)C)[C@@H]1OC=O. The summed E-state index contributed by atoms with van der Waals surface area (Å²) < 4.78 is 10.5. The molecule has 1 fully saturated rings. The molecule has 1 aliphatic heterocycles. The number of carbonyl (C=O) groups is 1. The molecule has 0 bridgehead atoms. The first kappa shape index (κ1) is 11.5. The van der Waals surface area contributed by atoms with Crippen LogP contribution in [0.2, 0.25) is 0 Å². The molecule has 0 aliphatic carbocycles. The van der Waals surface area contributed by atoms with E-state index >= 15 is 0 Å². The molecule has 4 nitrogen and oxygen atoms in total.